The van der Waals surface area contributed by atoms with Gasteiger partial charge in [0, 0.05) is 49.9 Å². The van der Waals surface area contributed by atoms with Gasteiger partial charge in [-0.1, -0.05) is 49.4 Å². The van der Waals surface area contributed by atoms with Crippen molar-refractivity contribution in [3.8, 4) is 5.75 Å². The molecule has 8 heteroatoms. The molecule has 4 N–H and O–H groups in total. The van der Waals surface area contributed by atoms with Crippen molar-refractivity contribution in [1.82, 2.24) is 20.9 Å². The maximum absolute atomic E-state index is 12.8. The molecule has 39 heavy (non-hydrogen) atoms. The number of aliphatic hydroxyl groups is 1. The van der Waals surface area contributed by atoms with Crippen LogP contribution in [-0.4, -0.2) is 60.2 Å². The first-order valence-corrected chi connectivity index (χ1v) is 14.3. The van der Waals surface area contributed by atoms with Crippen LogP contribution in [-0.2, 0) is 22.5 Å². The van der Waals surface area contributed by atoms with E-state index in [1.54, 1.807) is 6.20 Å². The van der Waals surface area contributed by atoms with Crippen LogP contribution in [0.1, 0.15) is 61.8 Å². The molecule has 210 valence electrons. The number of nitrogens with zero attached hydrogens (tertiary/aromatic N) is 1. The maximum Gasteiger partial charge on any atom is 0.246 e. The Labute approximate surface area is 231 Å². The molecule has 2 heterocycles. The van der Waals surface area contributed by atoms with Gasteiger partial charge in [0.25, 0.3) is 0 Å². The first-order chi connectivity index (χ1) is 19.0. The van der Waals surface area contributed by atoms with Gasteiger partial charge in [-0.3, -0.25) is 10.1 Å². The Morgan fingerprint density at radius 2 is 2.00 bits per heavy atom. The Balaban J connectivity index is 1.27. The minimum absolute atomic E-state index is 0.0773. The van der Waals surface area contributed by atoms with Crippen LogP contribution in [0.5, 0.6) is 5.75 Å². The molecule has 2 fully saturated rings. The molecule has 2 aromatic rings. The Hall–Kier alpha value is -2.91. The number of benzene rings is 2. The summed E-state index contributed by atoms with van der Waals surface area (Å²) >= 11 is 0. The van der Waals surface area contributed by atoms with Crippen LogP contribution in [0.25, 0.3) is 0 Å². The van der Waals surface area contributed by atoms with Gasteiger partial charge >= 0.3 is 0 Å². The van der Waals surface area contributed by atoms with Crippen molar-refractivity contribution in [1.29, 1.82) is 0 Å². The number of hydrogen-bond donors (Lipinski definition) is 4. The Morgan fingerprint density at radius 3 is 2.74 bits per heavy atom. The molecule has 1 saturated heterocycles. The highest BCUT2D eigenvalue weighted by atomic mass is 16.5. The molecule has 0 aromatic heterocycles. The zero-order valence-electron chi connectivity index (χ0n) is 22.9. The number of aryl methyl sites for hydroxylation is 1. The Kier molecular flexibility index (Phi) is 9.19. The predicted octanol–water partition coefficient (Wildman–Crippen LogP) is 3.37. The second-order valence-electron chi connectivity index (χ2n) is 11.0. The Morgan fingerprint density at radius 1 is 1.18 bits per heavy atom. The van der Waals surface area contributed by atoms with Gasteiger partial charge in [0.2, 0.25) is 5.91 Å². The van der Waals surface area contributed by atoms with Crippen LogP contribution in [0, 0.1) is 0 Å². The lowest BCUT2D eigenvalue weighted by Crippen LogP contribution is -2.55. The summed E-state index contributed by atoms with van der Waals surface area (Å²) < 4.78 is 11.9. The SMILES string of the molecule is CCc1ccc2c(c1)[C@H](NC[C@@H](O)[C@H](NCc1ccccc1)NC(=O)/C=C/N1CCOC1)CC1(CCCC1)O2. The fourth-order valence-electron chi connectivity index (χ4n) is 5.86. The van der Waals surface area contributed by atoms with E-state index in [0.717, 1.165) is 49.1 Å². The standard InChI is InChI=1S/C31H42N4O4/c1-2-23-10-11-28-25(18-23)26(19-31(39-28)13-6-7-14-31)32-21-27(36)30(33-20-24-8-4-3-5-9-24)34-29(37)12-15-35-16-17-38-22-35/h3-5,8-12,15,18,26-27,30,32-33,36H,2,6-7,13-14,16-17,19-22H2,1H3,(H,34,37)/b15-12+/t26-,27-,30-/m1/s1. The molecule has 0 bridgehead atoms. The van der Waals surface area contributed by atoms with Gasteiger partial charge < -0.3 is 30.1 Å². The number of aliphatic hydroxyl groups excluding tert-OH is 1. The molecule has 0 unspecified atom stereocenters. The number of ether oxygens (including phenoxy) is 2. The number of fused-ring (bicyclic) bond motifs is 1. The number of rotatable bonds is 11. The summed E-state index contributed by atoms with van der Waals surface area (Å²) in [7, 11) is 0. The summed E-state index contributed by atoms with van der Waals surface area (Å²) in [6.45, 7) is 4.92. The number of carbonyl (C=O) groups is 1. The minimum Gasteiger partial charge on any atom is -0.487 e. The molecule has 1 spiro atoms. The van der Waals surface area contributed by atoms with E-state index >= 15 is 0 Å². The Bertz CT molecular complexity index is 1110. The lowest BCUT2D eigenvalue weighted by atomic mass is 9.85. The van der Waals surface area contributed by atoms with E-state index in [2.05, 4.69) is 41.1 Å². The number of hydrogen-bond acceptors (Lipinski definition) is 7. The van der Waals surface area contributed by atoms with Gasteiger partial charge in [-0.15, -0.1) is 0 Å². The zero-order chi connectivity index (χ0) is 27.1. The average molecular weight is 535 g/mol. The summed E-state index contributed by atoms with van der Waals surface area (Å²) in [5.74, 6) is 0.691. The molecule has 2 aromatic carbocycles. The first kappa shape index (κ1) is 27.6. The van der Waals surface area contributed by atoms with Crippen LogP contribution in [0.3, 0.4) is 0 Å². The molecular weight excluding hydrogens is 492 g/mol. The van der Waals surface area contributed by atoms with E-state index in [0.29, 0.717) is 26.4 Å². The number of amides is 1. The van der Waals surface area contributed by atoms with Gasteiger partial charge in [-0.2, -0.15) is 0 Å². The van der Waals surface area contributed by atoms with Crippen molar-refractivity contribution in [3.63, 3.8) is 0 Å². The highest BCUT2D eigenvalue weighted by Gasteiger charge is 2.43. The maximum atomic E-state index is 12.8. The third kappa shape index (κ3) is 7.19. The minimum atomic E-state index is -0.846. The van der Waals surface area contributed by atoms with Gasteiger partial charge in [-0.05, 0) is 49.3 Å². The van der Waals surface area contributed by atoms with E-state index in [1.165, 1.54) is 24.5 Å². The van der Waals surface area contributed by atoms with Crippen LogP contribution >= 0.6 is 0 Å². The fourth-order valence-corrected chi connectivity index (χ4v) is 5.86. The molecule has 3 atom stereocenters. The number of nitrogens with one attached hydrogen (secondary N) is 3. The normalized spacial score (nSPS) is 21.6. The lowest BCUT2D eigenvalue weighted by Gasteiger charge is -2.41. The predicted molar refractivity (Wildman–Crippen MR) is 151 cm³/mol. The van der Waals surface area contributed by atoms with E-state index in [9.17, 15) is 9.90 Å². The van der Waals surface area contributed by atoms with Crippen molar-refractivity contribution >= 4 is 5.91 Å². The van der Waals surface area contributed by atoms with Gasteiger partial charge in [0.05, 0.1) is 12.7 Å². The van der Waals surface area contributed by atoms with Crippen LogP contribution < -0.4 is 20.7 Å². The van der Waals surface area contributed by atoms with Crippen molar-refractivity contribution in [3.05, 3.63) is 77.5 Å². The number of carbonyl (C=O) groups excluding carboxylic acids is 1. The molecular formula is C31H42N4O4. The lowest BCUT2D eigenvalue weighted by molar-refractivity contribution is -0.118. The molecule has 0 radical (unpaired) electrons. The molecule has 5 rings (SSSR count). The average Bonchev–Trinajstić information content (AvgIpc) is 3.65. The highest BCUT2D eigenvalue weighted by Crippen LogP contribution is 2.47. The second kappa shape index (κ2) is 13.0. The zero-order valence-corrected chi connectivity index (χ0v) is 22.9. The molecule has 1 aliphatic carbocycles. The second-order valence-corrected chi connectivity index (χ2v) is 11.0. The smallest absolute Gasteiger partial charge is 0.246 e. The summed E-state index contributed by atoms with van der Waals surface area (Å²) in [6, 6.07) is 16.6. The van der Waals surface area contributed by atoms with Gasteiger partial charge in [-0.25, -0.2) is 0 Å². The summed E-state index contributed by atoms with van der Waals surface area (Å²) in [5, 5.41) is 21.3. The van der Waals surface area contributed by atoms with Crippen molar-refractivity contribution in [2.45, 2.75) is 75.9 Å². The van der Waals surface area contributed by atoms with Gasteiger partial charge in [0.15, 0.2) is 0 Å². The fraction of sp³-hybridized carbons (Fsp3) is 0.516. The third-order valence-corrected chi connectivity index (χ3v) is 8.12. The van der Waals surface area contributed by atoms with Crippen LogP contribution in [0.2, 0.25) is 0 Å². The summed E-state index contributed by atoms with van der Waals surface area (Å²) in [5.41, 5.74) is 3.38. The van der Waals surface area contributed by atoms with E-state index in [1.807, 2.05) is 35.2 Å². The summed E-state index contributed by atoms with van der Waals surface area (Å²) in [4.78, 5) is 14.7. The van der Waals surface area contributed by atoms with Crippen molar-refractivity contribution < 1.29 is 19.4 Å². The van der Waals surface area contributed by atoms with E-state index < -0.39 is 12.3 Å². The summed E-state index contributed by atoms with van der Waals surface area (Å²) in [6.07, 6.45) is 8.11. The highest BCUT2D eigenvalue weighted by molar-refractivity contribution is 5.87. The molecule has 3 aliphatic rings. The monoisotopic (exact) mass is 534 g/mol. The van der Waals surface area contributed by atoms with Gasteiger partial charge in [0.1, 0.15) is 24.2 Å². The van der Waals surface area contributed by atoms with Crippen molar-refractivity contribution in [2.75, 3.05) is 26.4 Å². The van der Waals surface area contributed by atoms with E-state index in [4.69, 9.17) is 9.47 Å². The molecule has 2 aliphatic heterocycles. The molecule has 1 saturated carbocycles. The van der Waals surface area contributed by atoms with E-state index in [-0.39, 0.29) is 17.6 Å². The third-order valence-electron chi connectivity index (χ3n) is 8.12. The first-order valence-electron chi connectivity index (χ1n) is 14.3. The molecule has 8 nitrogen and oxygen atoms in total. The molecule has 1 amide bonds. The quantitative estimate of drug-likeness (QED) is 0.259. The topological polar surface area (TPSA) is 95.1 Å². The van der Waals surface area contributed by atoms with Crippen molar-refractivity contribution in [2.24, 2.45) is 0 Å². The van der Waals surface area contributed by atoms with Crippen LogP contribution in [0.4, 0.5) is 0 Å². The largest absolute Gasteiger partial charge is 0.487 e. The van der Waals surface area contributed by atoms with Crippen LogP contribution in [0.15, 0.2) is 60.8 Å².